The molecular weight excluding hydrogens is 408 g/mol. The van der Waals surface area contributed by atoms with Gasteiger partial charge in [-0.1, -0.05) is 0 Å². The molecule has 0 bridgehead atoms. The molecule has 3 aliphatic rings. The summed E-state index contributed by atoms with van der Waals surface area (Å²) in [6.45, 7) is 3.81. The maximum Gasteiger partial charge on any atom is 0.341 e. The predicted octanol–water partition coefficient (Wildman–Crippen LogP) is -0.979. The second kappa shape index (κ2) is 11.0. The Hall–Kier alpha value is -2.73. The number of carboxylic acid groups (broad SMARTS) is 1. The van der Waals surface area contributed by atoms with Crippen LogP contribution in [0.25, 0.3) is 0 Å². The number of H-pyrrole nitrogens is 2. The van der Waals surface area contributed by atoms with Gasteiger partial charge in [0.2, 0.25) is 11.7 Å². The van der Waals surface area contributed by atoms with Crippen LogP contribution in [0, 0.1) is 5.92 Å². The van der Waals surface area contributed by atoms with Crippen molar-refractivity contribution in [2.75, 3.05) is 39.4 Å². The van der Waals surface area contributed by atoms with Crippen LogP contribution in [0.4, 0.5) is 0 Å². The van der Waals surface area contributed by atoms with Gasteiger partial charge in [0.05, 0.1) is 13.2 Å². The Labute approximate surface area is 179 Å². The third-order valence-electron chi connectivity index (χ3n) is 5.93. The van der Waals surface area contributed by atoms with E-state index < -0.39 is 11.6 Å². The highest BCUT2D eigenvalue weighted by Crippen LogP contribution is 2.35. The van der Waals surface area contributed by atoms with Crippen molar-refractivity contribution in [3.05, 3.63) is 16.3 Å². The van der Waals surface area contributed by atoms with Gasteiger partial charge < -0.3 is 20.1 Å². The fourth-order valence-electron chi connectivity index (χ4n) is 4.17. The summed E-state index contributed by atoms with van der Waals surface area (Å²) in [4.78, 5) is 51.0. The van der Waals surface area contributed by atoms with Crippen molar-refractivity contribution in [1.82, 2.24) is 30.3 Å². The van der Waals surface area contributed by atoms with Gasteiger partial charge in [0.15, 0.2) is 0 Å². The van der Waals surface area contributed by atoms with Gasteiger partial charge in [-0.2, -0.15) is 0 Å². The van der Waals surface area contributed by atoms with E-state index >= 15 is 0 Å². The summed E-state index contributed by atoms with van der Waals surface area (Å²) in [5.41, 5.74) is -0.497. The van der Waals surface area contributed by atoms with E-state index in [-0.39, 0.29) is 30.3 Å². The van der Waals surface area contributed by atoms with Gasteiger partial charge in [0.1, 0.15) is 0 Å². The van der Waals surface area contributed by atoms with Gasteiger partial charge in [0.25, 0.3) is 12.4 Å². The van der Waals surface area contributed by atoms with E-state index in [1.165, 1.54) is 12.8 Å². The molecule has 3 fully saturated rings. The third-order valence-corrected chi connectivity index (χ3v) is 5.93. The summed E-state index contributed by atoms with van der Waals surface area (Å²) < 4.78 is 5.34. The predicted molar refractivity (Wildman–Crippen MR) is 108 cm³/mol. The Balaban J connectivity index is 0.000000858. The van der Waals surface area contributed by atoms with E-state index in [1.807, 2.05) is 4.90 Å². The van der Waals surface area contributed by atoms with Crippen molar-refractivity contribution in [3.8, 4) is 0 Å². The number of hydrogen-bond donors (Lipinski definition) is 4. The molecule has 2 saturated heterocycles. The molecule has 4 rings (SSSR count). The molecule has 2 amide bonds. The second-order valence-electron chi connectivity index (χ2n) is 8.06. The van der Waals surface area contributed by atoms with Crippen LogP contribution in [-0.2, 0) is 14.3 Å². The normalized spacial score (nSPS) is 23.7. The number of likely N-dealkylation sites (tertiary alicyclic amines) is 1. The fourth-order valence-corrected chi connectivity index (χ4v) is 4.17. The van der Waals surface area contributed by atoms with Crippen LogP contribution in [0.1, 0.15) is 42.7 Å². The fraction of sp³-hybridized carbons (Fsp3) is 0.737. The van der Waals surface area contributed by atoms with Crippen LogP contribution >= 0.6 is 0 Å². The van der Waals surface area contributed by atoms with E-state index in [4.69, 9.17) is 14.6 Å². The van der Waals surface area contributed by atoms with Crippen molar-refractivity contribution >= 4 is 18.3 Å². The number of ether oxygens (including phenoxy) is 1. The number of rotatable bonds is 7. The van der Waals surface area contributed by atoms with E-state index in [1.54, 1.807) is 0 Å². The summed E-state index contributed by atoms with van der Waals surface area (Å²) in [5, 5.41) is 15.6. The quantitative estimate of drug-likeness (QED) is 0.395. The first kappa shape index (κ1) is 22.9. The van der Waals surface area contributed by atoms with Crippen molar-refractivity contribution in [2.45, 2.75) is 44.2 Å². The SMILES string of the molecule is O=C(NC[C@@H]1CC[C@H](CC(=O)N2CCOCC2)N1CC1CC1)c1n[nH]c(=O)[nH]1.O=CO. The van der Waals surface area contributed by atoms with Crippen LogP contribution in [0.3, 0.4) is 0 Å². The molecule has 1 saturated carbocycles. The molecule has 172 valence electrons. The molecule has 1 aromatic heterocycles. The number of carbonyl (C=O) groups is 3. The first-order chi connectivity index (χ1) is 15.0. The average Bonchev–Trinajstić information content (AvgIpc) is 3.37. The standard InChI is InChI=1S/C18H28N6O4.CH2O2/c25-15(23-5-7-28-8-6-23)9-13-3-4-14(24(13)11-12-1-2-12)10-19-17(26)16-20-18(27)22-21-16;2-1-3/h12-14H,1-11H2,(H,19,26)(H2,20,21,22,27);1H,(H,2,3)/t13-,14+;/m1./s1. The number of morpholine rings is 1. The molecule has 0 radical (unpaired) electrons. The molecule has 1 aromatic rings. The van der Waals surface area contributed by atoms with Crippen LogP contribution in [0.5, 0.6) is 0 Å². The number of hydrogen-bond acceptors (Lipinski definition) is 7. The van der Waals surface area contributed by atoms with Crippen LogP contribution < -0.4 is 11.0 Å². The van der Waals surface area contributed by atoms with E-state index in [2.05, 4.69) is 25.4 Å². The third kappa shape index (κ3) is 6.62. The van der Waals surface area contributed by atoms with E-state index in [0.717, 1.165) is 19.4 Å². The van der Waals surface area contributed by atoms with Gasteiger partial charge >= 0.3 is 5.69 Å². The molecule has 3 heterocycles. The highest BCUT2D eigenvalue weighted by molar-refractivity contribution is 5.90. The van der Waals surface area contributed by atoms with Crippen LogP contribution in [-0.4, -0.2) is 99.9 Å². The zero-order valence-electron chi connectivity index (χ0n) is 17.4. The number of amides is 2. The zero-order valence-corrected chi connectivity index (χ0v) is 17.4. The molecule has 0 unspecified atom stereocenters. The van der Waals surface area contributed by atoms with Gasteiger partial charge in [-0.3, -0.25) is 24.3 Å². The molecule has 2 atom stereocenters. The minimum Gasteiger partial charge on any atom is -0.483 e. The maximum absolute atomic E-state index is 12.7. The monoisotopic (exact) mass is 438 g/mol. The lowest BCUT2D eigenvalue weighted by atomic mass is 10.1. The first-order valence-electron chi connectivity index (χ1n) is 10.6. The summed E-state index contributed by atoms with van der Waals surface area (Å²) in [7, 11) is 0. The van der Waals surface area contributed by atoms with Gasteiger partial charge in [-0.05, 0) is 31.6 Å². The summed E-state index contributed by atoms with van der Waals surface area (Å²) >= 11 is 0. The minimum atomic E-state index is -0.497. The van der Waals surface area contributed by atoms with Crippen molar-refractivity contribution < 1.29 is 24.2 Å². The molecule has 1 aliphatic carbocycles. The lowest BCUT2D eigenvalue weighted by Gasteiger charge is -2.32. The molecular formula is C19H30N6O6. The first-order valence-corrected chi connectivity index (χ1v) is 10.6. The molecule has 12 heteroatoms. The number of carbonyl (C=O) groups excluding carboxylic acids is 2. The van der Waals surface area contributed by atoms with Gasteiger partial charge in [-0.25, -0.2) is 9.89 Å². The van der Waals surface area contributed by atoms with E-state index in [0.29, 0.717) is 45.2 Å². The van der Waals surface area contributed by atoms with Crippen molar-refractivity contribution in [1.29, 1.82) is 0 Å². The Morgan fingerprint density at radius 3 is 2.48 bits per heavy atom. The summed E-state index contributed by atoms with van der Waals surface area (Å²) in [6, 6.07) is 0.431. The molecule has 31 heavy (non-hydrogen) atoms. The highest BCUT2D eigenvalue weighted by atomic mass is 16.5. The van der Waals surface area contributed by atoms with Gasteiger partial charge in [-0.15, -0.1) is 5.10 Å². The molecule has 0 spiro atoms. The molecule has 2 aliphatic heterocycles. The smallest absolute Gasteiger partial charge is 0.341 e. The molecule has 0 aromatic carbocycles. The van der Waals surface area contributed by atoms with Crippen LogP contribution in [0.2, 0.25) is 0 Å². The number of nitrogens with one attached hydrogen (secondary N) is 3. The second-order valence-corrected chi connectivity index (χ2v) is 8.06. The Kier molecular flexibility index (Phi) is 8.18. The Bertz CT molecular complexity index is 800. The summed E-state index contributed by atoms with van der Waals surface area (Å²) in [6.07, 6.45) is 4.93. The van der Waals surface area contributed by atoms with E-state index in [9.17, 15) is 14.4 Å². The lowest BCUT2D eigenvalue weighted by molar-refractivity contribution is -0.136. The number of nitrogens with zero attached hydrogens (tertiary/aromatic N) is 3. The molecule has 12 nitrogen and oxygen atoms in total. The van der Waals surface area contributed by atoms with Crippen LogP contribution in [0.15, 0.2) is 4.79 Å². The van der Waals surface area contributed by atoms with Crippen molar-refractivity contribution in [3.63, 3.8) is 0 Å². The molecule has 4 N–H and O–H groups in total. The number of aromatic nitrogens is 3. The average molecular weight is 438 g/mol. The topological polar surface area (TPSA) is 161 Å². The van der Waals surface area contributed by atoms with Crippen molar-refractivity contribution in [2.24, 2.45) is 5.92 Å². The zero-order chi connectivity index (χ0) is 22.2. The van der Waals surface area contributed by atoms with Gasteiger partial charge in [0, 0.05) is 44.7 Å². The summed E-state index contributed by atoms with van der Waals surface area (Å²) in [5.74, 6) is 0.515. The number of aromatic amines is 2. The Morgan fingerprint density at radius 1 is 1.19 bits per heavy atom. The lowest BCUT2D eigenvalue weighted by Crippen LogP contribution is -2.47. The highest BCUT2D eigenvalue weighted by Gasteiger charge is 2.38. The Morgan fingerprint density at radius 2 is 1.87 bits per heavy atom. The maximum atomic E-state index is 12.7. The minimum absolute atomic E-state index is 0.00390. The largest absolute Gasteiger partial charge is 0.483 e.